The van der Waals surface area contributed by atoms with Gasteiger partial charge in [-0.25, -0.2) is 4.39 Å². The summed E-state index contributed by atoms with van der Waals surface area (Å²) in [6.45, 7) is -0.352. The molecule has 0 saturated carbocycles. The molecule has 0 aromatic heterocycles. The van der Waals surface area contributed by atoms with E-state index in [1.807, 2.05) is 0 Å². The van der Waals surface area contributed by atoms with E-state index in [2.05, 4.69) is 0 Å². The predicted octanol–water partition coefficient (Wildman–Crippen LogP) is 2.65. The second kappa shape index (κ2) is 6.18. The summed E-state index contributed by atoms with van der Waals surface area (Å²) in [5, 5.41) is 8.61. The van der Waals surface area contributed by atoms with E-state index in [1.54, 1.807) is 0 Å². The zero-order chi connectivity index (χ0) is 12.3. The number of hydrogen-bond donors (Lipinski definition) is 2. The van der Waals surface area contributed by atoms with Crippen LogP contribution in [-0.2, 0) is 6.18 Å². The second-order valence-corrected chi connectivity index (χ2v) is 3.32. The zero-order valence-corrected chi connectivity index (χ0v) is 9.48. The van der Waals surface area contributed by atoms with Crippen LogP contribution < -0.4 is 5.73 Å². The minimum absolute atomic E-state index is 0. The third-order valence-electron chi connectivity index (χ3n) is 2.17. The monoisotopic (exact) mass is 273 g/mol. The Kier molecular flexibility index (Phi) is 5.87. The van der Waals surface area contributed by atoms with Gasteiger partial charge in [0, 0.05) is 12.6 Å². The number of halogens is 5. The highest BCUT2D eigenvalue weighted by Gasteiger charge is 2.37. The Hall–Kier alpha value is -0.850. The topological polar surface area (TPSA) is 46.2 Å². The lowest BCUT2D eigenvalue weighted by Crippen LogP contribution is -2.20. The molecule has 1 aromatic carbocycles. The van der Waals surface area contributed by atoms with Crippen LogP contribution in [-0.4, -0.2) is 11.7 Å². The molecule has 1 rings (SSSR count). The van der Waals surface area contributed by atoms with E-state index in [-0.39, 0.29) is 31.0 Å². The standard InChI is InChI=1S/C10H11F4NO.ClH/c11-7-3-1-2-6(8(15)4-5-16)9(7)10(12,13)14;/h1-3,8,16H,4-5,15H2;1H/t8-;/m1./s1. The lowest BCUT2D eigenvalue weighted by molar-refractivity contribution is -0.140. The molecule has 2 nitrogen and oxygen atoms in total. The summed E-state index contributed by atoms with van der Waals surface area (Å²) < 4.78 is 50.8. The highest BCUT2D eigenvalue weighted by molar-refractivity contribution is 5.85. The van der Waals surface area contributed by atoms with Gasteiger partial charge in [-0.05, 0) is 18.1 Å². The fourth-order valence-corrected chi connectivity index (χ4v) is 1.44. The number of alkyl halides is 3. The van der Waals surface area contributed by atoms with Crippen molar-refractivity contribution < 1.29 is 22.7 Å². The van der Waals surface area contributed by atoms with Crippen molar-refractivity contribution in [3.8, 4) is 0 Å². The maximum Gasteiger partial charge on any atom is 0.419 e. The quantitative estimate of drug-likeness (QED) is 0.832. The fourth-order valence-electron chi connectivity index (χ4n) is 1.44. The Morgan fingerprint density at radius 1 is 1.29 bits per heavy atom. The van der Waals surface area contributed by atoms with E-state index in [0.29, 0.717) is 0 Å². The van der Waals surface area contributed by atoms with Crippen molar-refractivity contribution in [1.29, 1.82) is 0 Å². The van der Waals surface area contributed by atoms with E-state index in [1.165, 1.54) is 0 Å². The van der Waals surface area contributed by atoms with E-state index in [0.717, 1.165) is 18.2 Å². The summed E-state index contributed by atoms with van der Waals surface area (Å²) in [6.07, 6.45) is -4.83. The van der Waals surface area contributed by atoms with Gasteiger partial charge < -0.3 is 10.8 Å². The number of benzene rings is 1. The molecule has 98 valence electrons. The zero-order valence-electron chi connectivity index (χ0n) is 8.67. The van der Waals surface area contributed by atoms with Crippen molar-refractivity contribution in [2.45, 2.75) is 18.6 Å². The van der Waals surface area contributed by atoms with Gasteiger partial charge in [-0.3, -0.25) is 0 Å². The van der Waals surface area contributed by atoms with Gasteiger partial charge in [0.1, 0.15) is 5.82 Å². The Balaban J connectivity index is 0.00000256. The minimum atomic E-state index is -4.78. The van der Waals surface area contributed by atoms with Crippen LogP contribution >= 0.6 is 12.4 Å². The molecule has 0 unspecified atom stereocenters. The van der Waals surface area contributed by atoms with Gasteiger partial charge in [-0.2, -0.15) is 13.2 Å². The van der Waals surface area contributed by atoms with Crippen LogP contribution in [0.15, 0.2) is 18.2 Å². The summed E-state index contributed by atoms with van der Waals surface area (Å²) >= 11 is 0. The van der Waals surface area contributed by atoms with Crippen LogP contribution in [0.4, 0.5) is 17.6 Å². The van der Waals surface area contributed by atoms with Gasteiger partial charge >= 0.3 is 6.18 Å². The van der Waals surface area contributed by atoms with Gasteiger partial charge in [-0.15, -0.1) is 12.4 Å². The van der Waals surface area contributed by atoms with Crippen molar-refractivity contribution in [3.05, 3.63) is 35.1 Å². The van der Waals surface area contributed by atoms with Crippen LogP contribution in [0.5, 0.6) is 0 Å². The molecule has 0 aliphatic rings. The van der Waals surface area contributed by atoms with Gasteiger partial charge in [-0.1, -0.05) is 12.1 Å². The molecule has 1 aromatic rings. The predicted molar refractivity (Wildman–Crippen MR) is 57.3 cm³/mol. The Morgan fingerprint density at radius 3 is 2.35 bits per heavy atom. The normalized spacial score (nSPS) is 13.1. The SMILES string of the molecule is Cl.N[C@H](CCO)c1cccc(F)c1C(F)(F)F. The first-order chi connectivity index (χ1) is 7.38. The van der Waals surface area contributed by atoms with Crippen LogP contribution in [0, 0.1) is 5.82 Å². The average Bonchev–Trinajstić information content (AvgIpc) is 2.15. The third kappa shape index (κ3) is 3.83. The lowest BCUT2D eigenvalue weighted by atomic mass is 9.98. The fraction of sp³-hybridized carbons (Fsp3) is 0.400. The molecule has 0 spiro atoms. The maximum absolute atomic E-state index is 13.1. The molecule has 1 atom stereocenters. The molecule has 0 bridgehead atoms. The summed E-state index contributed by atoms with van der Waals surface area (Å²) in [5.41, 5.74) is 3.76. The minimum Gasteiger partial charge on any atom is -0.396 e. The van der Waals surface area contributed by atoms with Gasteiger partial charge in [0.05, 0.1) is 5.56 Å². The Bertz CT molecular complexity index is 370. The molecule has 17 heavy (non-hydrogen) atoms. The van der Waals surface area contributed by atoms with E-state index < -0.39 is 23.6 Å². The van der Waals surface area contributed by atoms with Crippen molar-refractivity contribution >= 4 is 12.4 Å². The van der Waals surface area contributed by atoms with E-state index >= 15 is 0 Å². The highest BCUT2D eigenvalue weighted by Crippen LogP contribution is 2.36. The van der Waals surface area contributed by atoms with Crippen LogP contribution in [0.1, 0.15) is 23.6 Å². The first-order valence-electron chi connectivity index (χ1n) is 4.60. The van der Waals surface area contributed by atoms with Crippen molar-refractivity contribution in [1.82, 2.24) is 0 Å². The number of nitrogens with two attached hydrogens (primary N) is 1. The molecule has 0 saturated heterocycles. The summed E-state index contributed by atoms with van der Waals surface area (Å²) in [7, 11) is 0. The first-order valence-corrected chi connectivity index (χ1v) is 4.60. The summed E-state index contributed by atoms with van der Waals surface area (Å²) in [5.74, 6) is -1.35. The average molecular weight is 274 g/mol. The highest BCUT2D eigenvalue weighted by atomic mass is 35.5. The number of hydrogen-bond acceptors (Lipinski definition) is 2. The summed E-state index contributed by atoms with van der Waals surface area (Å²) in [4.78, 5) is 0. The van der Waals surface area contributed by atoms with Crippen LogP contribution in [0.2, 0.25) is 0 Å². The van der Waals surface area contributed by atoms with Gasteiger partial charge in [0.25, 0.3) is 0 Å². The smallest absolute Gasteiger partial charge is 0.396 e. The molecule has 7 heteroatoms. The van der Waals surface area contributed by atoms with E-state index in [4.69, 9.17) is 10.8 Å². The molecule has 0 aliphatic heterocycles. The molecule has 3 N–H and O–H groups in total. The molecular weight excluding hydrogens is 262 g/mol. The Morgan fingerprint density at radius 2 is 1.88 bits per heavy atom. The number of aliphatic hydroxyl groups excluding tert-OH is 1. The maximum atomic E-state index is 13.1. The molecule has 0 fully saturated rings. The van der Waals surface area contributed by atoms with Crippen molar-refractivity contribution in [2.24, 2.45) is 5.73 Å². The van der Waals surface area contributed by atoms with Crippen molar-refractivity contribution in [3.63, 3.8) is 0 Å². The van der Waals surface area contributed by atoms with Crippen LogP contribution in [0.25, 0.3) is 0 Å². The number of rotatable bonds is 3. The Labute approximate surface area is 102 Å². The number of aliphatic hydroxyl groups is 1. The summed E-state index contributed by atoms with van der Waals surface area (Å²) in [6, 6.07) is 1.98. The largest absolute Gasteiger partial charge is 0.419 e. The first kappa shape index (κ1) is 16.1. The van der Waals surface area contributed by atoms with Crippen LogP contribution in [0.3, 0.4) is 0 Å². The van der Waals surface area contributed by atoms with Gasteiger partial charge in [0.15, 0.2) is 0 Å². The van der Waals surface area contributed by atoms with Gasteiger partial charge in [0.2, 0.25) is 0 Å². The lowest BCUT2D eigenvalue weighted by Gasteiger charge is -2.18. The molecule has 0 heterocycles. The molecule has 0 amide bonds. The van der Waals surface area contributed by atoms with Crippen molar-refractivity contribution in [2.75, 3.05) is 6.61 Å². The second-order valence-electron chi connectivity index (χ2n) is 3.32. The van der Waals surface area contributed by atoms with E-state index in [9.17, 15) is 17.6 Å². The molecule has 0 aliphatic carbocycles. The molecule has 0 radical (unpaired) electrons. The third-order valence-corrected chi connectivity index (χ3v) is 2.17. The molecular formula is C10H12ClF4NO.